The number of halogens is 1. The fourth-order valence-corrected chi connectivity index (χ4v) is 4.91. The molecular weight excluding hydrogens is 453 g/mol. The van der Waals surface area contributed by atoms with Gasteiger partial charge in [-0.25, -0.2) is 4.39 Å². The number of rotatable bonds is 4. The van der Waals surface area contributed by atoms with Gasteiger partial charge in [0.1, 0.15) is 22.6 Å². The third kappa shape index (κ3) is 3.72. The Balaban J connectivity index is 1.45. The highest BCUT2D eigenvalue weighted by Crippen LogP contribution is 2.34. The summed E-state index contributed by atoms with van der Waals surface area (Å²) in [7, 11) is 1.42. The number of fused-ring (bicyclic) bond motifs is 2. The third-order valence-electron chi connectivity index (χ3n) is 6.66. The lowest BCUT2D eigenvalue weighted by molar-refractivity contribution is -0.0116. The van der Waals surface area contributed by atoms with Crippen LogP contribution in [0, 0.1) is 5.82 Å². The van der Waals surface area contributed by atoms with Crippen LogP contribution in [0.3, 0.4) is 0 Å². The van der Waals surface area contributed by atoms with E-state index in [0.29, 0.717) is 29.4 Å². The Hall–Kier alpha value is -3.83. The predicted octanol–water partition coefficient (Wildman–Crippen LogP) is 1.84. The zero-order valence-electron chi connectivity index (χ0n) is 19.1. The fraction of sp³-hybridized carbons (Fsp3) is 0.333. The highest BCUT2D eigenvalue weighted by atomic mass is 19.1. The van der Waals surface area contributed by atoms with Crippen LogP contribution < -0.4 is 15.2 Å². The van der Waals surface area contributed by atoms with Crippen LogP contribution in [0.15, 0.2) is 47.5 Å². The summed E-state index contributed by atoms with van der Waals surface area (Å²) in [6.45, 7) is 5.07. The summed E-state index contributed by atoms with van der Waals surface area (Å²) in [6, 6.07) is 8.01. The van der Waals surface area contributed by atoms with Crippen LogP contribution in [-0.2, 0) is 4.74 Å². The molecule has 0 radical (unpaired) electrons. The maximum atomic E-state index is 14.8. The molecule has 1 aromatic carbocycles. The molecule has 1 atom stereocenters. The van der Waals surface area contributed by atoms with Gasteiger partial charge in [-0.3, -0.25) is 19.8 Å². The first-order valence-corrected chi connectivity index (χ1v) is 11.5. The molecule has 3 aromatic heterocycles. The highest BCUT2D eigenvalue weighted by molar-refractivity contribution is 5.93. The molecule has 0 amide bonds. The first-order chi connectivity index (χ1) is 17.1. The van der Waals surface area contributed by atoms with Gasteiger partial charge in [-0.05, 0) is 18.2 Å². The quantitative estimate of drug-likeness (QED) is 0.475. The molecule has 1 N–H and O–H groups in total. The number of methoxy groups -OCH3 is 1. The molecule has 0 spiro atoms. The second-order valence-corrected chi connectivity index (χ2v) is 8.62. The number of ether oxygens (including phenoxy) is 2. The monoisotopic (exact) mass is 477 g/mol. The number of benzene rings is 1. The summed E-state index contributed by atoms with van der Waals surface area (Å²) in [4.78, 5) is 21.9. The summed E-state index contributed by atoms with van der Waals surface area (Å²) >= 11 is 0. The van der Waals surface area contributed by atoms with Crippen molar-refractivity contribution in [2.75, 3.05) is 51.4 Å². The minimum atomic E-state index is -0.613. The van der Waals surface area contributed by atoms with E-state index >= 15 is 0 Å². The van der Waals surface area contributed by atoms with Crippen molar-refractivity contribution < 1.29 is 13.9 Å². The second-order valence-electron chi connectivity index (χ2n) is 8.62. The predicted molar refractivity (Wildman–Crippen MR) is 128 cm³/mol. The maximum absolute atomic E-state index is 14.8. The largest absolute Gasteiger partial charge is 0.494 e. The van der Waals surface area contributed by atoms with Gasteiger partial charge < -0.3 is 14.4 Å². The van der Waals surface area contributed by atoms with Gasteiger partial charge in [0.25, 0.3) is 5.56 Å². The molecule has 10 nitrogen and oxygen atoms in total. The van der Waals surface area contributed by atoms with E-state index in [1.807, 2.05) is 6.07 Å². The van der Waals surface area contributed by atoms with Crippen LogP contribution in [0.1, 0.15) is 0 Å². The van der Waals surface area contributed by atoms with Gasteiger partial charge in [0.2, 0.25) is 0 Å². The summed E-state index contributed by atoms with van der Waals surface area (Å²) < 4.78 is 26.8. The first-order valence-electron chi connectivity index (χ1n) is 11.5. The van der Waals surface area contributed by atoms with Gasteiger partial charge in [0.05, 0.1) is 31.9 Å². The van der Waals surface area contributed by atoms with Crippen molar-refractivity contribution in [3.8, 4) is 22.7 Å². The zero-order valence-corrected chi connectivity index (χ0v) is 19.1. The molecule has 2 aliphatic heterocycles. The van der Waals surface area contributed by atoms with Crippen molar-refractivity contribution in [2.45, 2.75) is 6.04 Å². The van der Waals surface area contributed by atoms with Crippen LogP contribution in [-0.4, -0.2) is 82.4 Å². The topological polar surface area (TPSA) is 101 Å². The molecule has 180 valence electrons. The Labute approximate surface area is 199 Å². The molecule has 2 fully saturated rings. The van der Waals surface area contributed by atoms with Crippen molar-refractivity contribution in [1.29, 1.82) is 0 Å². The third-order valence-corrected chi connectivity index (χ3v) is 6.66. The van der Waals surface area contributed by atoms with Gasteiger partial charge >= 0.3 is 0 Å². The van der Waals surface area contributed by atoms with Gasteiger partial charge in [-0.15, -0.1) is 0 Å². The molecule has 2 saturated heterocycles. The number of H-pyrrole nitrogens is 1. The fourth-order valence-electron chi connectivity index (χ4n) is 4.91. The number of piperazine rings is 1. The van der Waals surface area contributed by atoms with Gasteiger partial charge in [0, 0.05) is 55.9 Å². The molecular formula is C24H24FN7O3. The SMILES string of the molecule is COc1cccc(F)c1-n1nc2c(-c3cnccc3N3CCN4CCOC[C@H]4C3)n[nH]c2cc1=O. The molecule has 11 heteroatoms. The highest BCUT2D eigenvalue weighted by Gasteiger charge is 2.31. The molecule has 35 heavy (non-hydrogen) atoms. The van der Waals surface area contributed by atoms with Gasteiger partial charge in [-0.2, -0.15) is 14.9 Å². The minimum Gasteiger partial charge on any atom is -0.494 e. The lowest BCUT2D eigenvalue weighted by Crippen LogP contribution is -2.58. The lowest BCUT2D eigenvalue weighted by Gasteiger charge is -2.44. The zero-order chi connectivity index (χ0) is 23.9. The van der Waals surface area contributed by atoms with Gasteiger partial charge in [-0.1, -0.05) is 6.07 Å². The number of hydrogen-bond donors (Lipinski definition) is 1. The number of anilines is 1. The average molecular weight is 478 g/mol. The van der Waals surface area contributed by atoms with E-state index in [0.717, 1.165) is 48.7 Å². The molecule has 2 aliphatic rings. The first kappa shape index (κ1) is 21.7. The van der Waals surface area contributed by atoms with Crippen molar-refractivity contribution >= 4 is 16.7 Å². The van der Waals surface area contributed by atoms with Crippen molar-refractivity contribution in [3.63, 3.8) is 0 Å². The minimum absolute atomic E-state index is 0.0473. The van der Waals surface area contributed by atoms with Crippen molar-refractivity contribution in [3.05, 3.63) is 58.9 Å². The normalized spacial score (nSPS) is 18.6. The van der Waals surface area contributed by atoms with E-state index < -0.39 is 11.4 Å². The van der Waals surface area contributed by atoms with E-state index in [4.69, 9.17) is 9.47 Å². The molecule has 6 rings (SSSR count). The summed E-state index contributed by atoms with van der Waals surface area (Å²) in [5.74, 6) is -0.406. The molecule has 4 aromatic rings. The Kier molecular flexibility index (Phi) is 5.42. The van der Waals surface area contributed by atoms with Crippen LogP contribution in [0.25, 0.3) is 28.0 Å². The van der Waals surface area contributed by atoms with Crippen molar-refractivity contribution in [2.24, 2.45) is 0 Å². The number of morpholine rings is 1. The number of nitrogens with one attached hydrogen (secondary N) is 1. The standard InChI is InChI=1S/C24H24FN7O3/c1-34-20-4-2-3-17(25)24(20)32-21(33)11-18-23(29-32)22(28-27-18)16-12-26-6-5-19(16)31-8-7-30-9-10-35-14-15(30)13-31/h2-6,11-12,15,27H,7-10,13-14H2,1H3/t15-/m1/s1. The second kappa shape index (κ2) is 8.75. The van der Waals surface area contributed by atoms with Gasteiger partial charge in [0.15, 0.2) is 5.82 Å². The Bertz CT molecular complexity index is 1450. The van der Waals surface area contributed by atoms with E-state index in [1.165, 1.54) is 25.3 Å². The summed E-state index contributed by atoms with van der Waals surface area (Å²) in [6.07, 6.45) is 3.50. The van der Waals surface area contributed by atoms with E-state index in [9.17, 15) is 9.18 Å². The lowest BCUT2D eigenvalue weighted by atomic mass is 10.1. The van der Waals surface area contributed by atoms with Crippen LogP contribution in [0.2, 0.25) is 0 Å². The van der Waals surface area contributed by atoms with Crippen LogP contribution in [0.4, 0.5) is 10.1 Å². The van der Waals surface area contributed by atoms with Crippen LogP contribution in [0.5, 0.6) is 5.75 Å². The maximum Gasteiger partial charge on any atom is 0.273 e. The number of para-hydroxylation sites is 1. The number of aromatic nitrogens is 5. The van der Waals surface area contributed by atoms with E-state index in [-0.39, 0.29) is 11.4 Å². The number of pyridine rings is 1. The molecule has 5 heterocycles. The summed E-state index contributed by atoms with van der Waals surface area (Å²) in [5, 5.41) is 11.9. The number of hydrogen-bond acceptors (Lipinski definition) is 8. The van der Waals surface area contributed by atoms with Crippen LogP contribution >= 0.6 is 0 Å². The molecule has 0 saturated carbocycles. The van der Waals surface area contributed by atoms with Crippen molar-refractivity contribution in [1.82, 2.24) is 29.9 Å². The smallest absolute Gasteiger partial charge is 0.273 e. The van der Waals surface area contributed by atoms with E-state index in [2.05, 4.69) is 30.1 Å². The Morgan fingerprint density at radius 1 is 1.23 bits per heavy atom. The Morgan fingerprint density at radius 2 is 2.14 bits per heavy atom. The average Bonchev–Trinajstić information content (AvgIpc) is 3.30. The molecule has 0 aliphatic carbocycles. The van der Waals surface area contributed by atoms with E-state index in [1.54, 1.807) is 18.5 Å². The number of nitrogens with zero attached hydrogens (tertiary/aromatic N) is 6. The Morgan fingerprint density at radius 3 is 3.03 bits per heavy atom. The molecule has 0 bridgehead atoms. The molecule has 0 unspecified atom stereocenters. The summed E-state index contributed by atoms with van der Waals surface area (Å²) in [5.41, 5.74) is 2.63. The number of aromatic amines is 1.